The number of thiazole rings is 1. The van der Waals surface area contributed by atoms with E-state index in [4.69, 9.17) is 16.6 Å². The molecule has 0 saturated carbocycles. The molecule has 1 N–H and O–H groups in total. The average molecular weight is 618 g/mol. The van der Waals surface area contributed by atoms with Crippen LogP contribution < -0.4 is 5.56 Å². The molecule has 0 bridgehead atoms. The molecule has 9 heteroatoms. The van der Waals surface area contributed by atoms with Gasteiger partial charge in [0, 0.05) is 34.7 Å². The average Bonchev–Trinajstić information content (AvgIpc) is 3.50. The van der Waals surface area contributed by atoms with Gasteiger partial charge in [-0.2, -0.15) is 0 Å². The van der Waals surface area contributed by atoms with Crippen molar-refractivity contribution < 1.29 is 14.7 Å². The van der Waals surface area contributed by atoms with Gasteiger partial charge in [0.05, 0.1) is 28.4 Å². The van der Waals surface area contributed by atoms with Crippen molar-refractivity contribution in [2.24, 2.45) is 5.92 Å². The summed E-state index contributed by atoms with van der Waals surface area (Å²) in [5, 5.41) is 12.7. The fraction of sp³-hybridized carbons (Fsp3) is 0.353. The molecule has 0 unspecified atom stereocenters. The zero-order valence-electron chi connectivity index (χ0n) is 24.9. The van der Waals surface area contributed by atoms with Gasteiger partial charge in [-0.1, -0.05) is 69.6 Å². The third kappa shape index (κ3) is 6.04. The summed E-state index contributed by atoms with van der Waals surface area (Å²) in [5.41, 5.74) is 5.59. The van der Waals surface area contributed by atoms with Crippen LogP contribution in [-0.2, 0) is 17.6 Å². The summed E-state index contributed by atoms with van der Waals surface area (Å²) in [5.74, 6) is -1.93. The normalized spacial score (nSPS) is 15.2. The number of carbonyl (C=O) groups excluding carboxylic acids is 1. The van der Waals surface area contributed by atoms with Crippen LogP contribution >= 0.6 is 22.9 Å². The SMILES string of the molecule is CCc1cccc(CC)c1-n1c(C(C)C)c(C(=O)N2CCC[C@@H](C(=O)O)C2)cc(-c2nc(-c3ccc(Cl)cc3)cs2)c1=O. The highest BCUT2D eigenvalue weighted by Crippen LogP contribution is 2.34. The molecule has 0 aliphatic carbocycles. The zero-order valence-corrected chi connectivity index (χ0v) is 26.5. The Hall–Kier alpha value is -3.75. The first-order chi connectivity index (χ1) is 20.6. The first-order valence-electron chi connectivity index (χ1n) is 14.8. The van der Waals surface area contributed by atoms with Gasteiger partial charge < -0.3 is 10.0 Å². The molecule has 0 spiro atoms. The van der Waals surface area contributed by atoms with Gasteiger partial charge in [0.15, 0.2) is 0 Å². The minimum Gasteiger partial charge on any atom is -0.481 e. The number of halogens is 1. The smallest absolute Gasteiger partial charge is 0.308 e. The summed E-state index contributed by atoms with van der Waals surface area (Å²) in [7, 11) is 0. The van der Waals surface area contributed by atoms with E-state index in [1.807, 2.05) is 49.6 Å². The van der Waals surface area contributed by atoms with Crippen molar-refractivity contribution in [3.63, 3.8) is 0 Å². The van der Waals surface area contributed by atoms with Crippen molar-refractivity contribution in [3.05, 3.63) is 91.7 Å². The van der Waals surface area contributed by atoms with Crippen LogP contribution in [0.1, 0.15) is 73.6 Å². The highest BCUT2D eigenvalue weighted by atomic mass is 35.5. The maximum Gasteiger partial charge on any atom is 0.308 e. The molecule has 1 amide bonds. The van der Waals surface area contributed by atoms with Crippen LogP contribution in [0.2, 0.25) is 5.02 Å². The van der Waals surface area contributed by atoms with Gasteiger partial charge in [-0.05, 0) is 60.9 Å². The molecular weight excluding hydrogens is 582 g/mol. The number of piperidine rings is 1. The van der Waals surface area contributed by atoms with E-state index in [0.717, 1.165) is 22.4 Å². The lowest BCUT2D eigenvalue weighted by atomic mass is 9.94. The summed E-state index contributed by atoms with van der Waals surface area (Å²) in [4.78, 5) is 47.3. The number of hydrogen-bond donors (Lipinski definition) is 1. The van der Waals surface area contributed by atoms with Crippen LogP contribution in [0.25, 0.3) is 27.5 Å². The second kappa shape index (κ2) is 12.9. The molecule has 7 nitrogen and oxygen atoms in total. The van der Waals surface area contributed by atoms with Crippen LogP contribution in [0, 0.1) is 5.92 Å². The first-order valence-corrected chi connectivity index (χ1v) is 16.0. The van der Waals surface area contributed by atoms with Crippen molar-refractivity contribution in [2.45, 2.75) is 59.3 Å². The molecule has 2 aromatic heterocycles. The number of carboxylic acid groups (broad SMARTS) is 1. The van der Waals surface area contributed by atoms with E-state index in [1.165, 1.54) is 11.3 Å². The van der Waals surface area contributed by atoms with Crippen LogP contribution in [-0.4, -0.2) is 44.5 Å². The number of rotatable bonds is 8. The number of para-hydroxylation sites is 1. The largest absolute Gasteiger partial charge is 0.481 e. The van der Waals surface area contributed by atoms with Gasteiger partial charge in [-0.25, -0.2) is 4.98 Å². The molecule has 3 heterocycles. The molecule has 1 aliphatic heterocycles. The van der Waals surface area contributed by atoms with Crippen molar-refractivity contribution in [2.75, 3.05) is 13.1 Å². The van der Waals surface area contributed by atoms with E-state index in [0.29, 0.717) is 64.8 Å². The number of nitrogens with zero attached hydrogens (tertiary/aromatic N) is 3. The van der Waals surface area contributed by atoms with Crippen LogP contribution in [0.5, 0.6) is 0 Å². The minimum atomic E-state index is -0.894. The number of amides is 1. The number of carboxylic acids is 1. The summed E-state index contributed by atoms with van der Waals surface area (Å²) in [6.07, 6.45) is 2.58. The lowest BCUT2D eigenvalue weighted by molar-refractivity contribution is -0.143. The molecule has 43 heavy (non-hydrogen) atoms. The molecule has 1 atom stereocenters. The number of aliphatic carboxylic acids is 1. The predicted octanol–water partition coefficient (Wildman–Crippen LogP) is 7.47. The molecule has 2 aromatic carbocycles. The van der Waals surface area contributed by atoms with E-state index in [9.17, 15) is 19.5 Å². The fourth-order valence-corrected chi connectivity index (χ4v) is 6.89. The standard InChI is InChI=1S/C34H36ClN3O4S/c1-5-21-9-7-10-22(6-2)30(21)38-29(20(3)4)26(32(39)37-16-8-11-24(18-37)34(41)42)17-27(33(38)40)31-36-28(19-43-31)23-12-14-25(35)15-13-23/h7,9-10,12-15,17,19-20,24H,5-6,8,11,16,18H2,1-4H3,(H,41,42)/t24-/m1/s1. The van der Waals surface area contributed by atoms with Crippen molar-refractivity contribution >= 4 is 34.8 Å². The van der Waals surface area contributed by atoms with E-state index in [-0.39, 0.29) is 23.9 Å². The zero-order chi connectivity index (χ0) is 30.8. The lowest BCUT2D eigenvalue weighted by Gasteiger charge is -2.32. The third-order valence-electron chi connectivity index (χ3n) is 8.14. The number of aryl methyl sites for hydroxylation is 2. The first kappa shape index (κ1) is 30.7. The highest BCUT2D eigenvalue weighted by Gasteiger charge is 2.33. The van der Waals surface area contributed by atoms with E-state index < -0.39 is 11.9 Å². The maximum atomic E-state index is 14.6. The number of carbonyl (C=O) groups is 2. The van der Waals surface area contributed by atoms with Crippen molar-refractivity contribution in [3.8, 4) is 27.5 Å². The van der Waals surface area contributed by atoms with Gasteiger partial charge in [0.25, 0.3) is 11.5 Å². The molecule has 5 rings (SSSR count). The Balaban J connectivity index is 1.78. The molecule has 0 radical (unpaired) electrons. The Bertz CT molecular complexity index is 1700. The Labute approximate surface area is 260 Å². The summed E-state index contributed by atoms with van der Waals surface area (Å²) < 4.78 is 1.74. The van der Waals surface area contributed by atoms with E-state index in [2.05, 4.69) is 13.8 Å². The van der Waals surface area contributed by atoms with Crippen molar-refractivity contribution in [1.29, 1.82) is 0 Å². The number of aromatic nitrogens is 2. The fourth-order valence-electron chi connectivity index (χ4n) is 5.93. The molecule has 224 valence electrons. The number of benzene rings is 2. The quantitative estimate of drug-likeness (QED) is 0.221. The topological polar surface area (TPSA) is 92.5 Å². The molecule has 1 fully saturated rings. The van der Waals surface area contributed by atoms with Gasteiger partial charge in [-0.15, -0.1) is 11.3 Å². The Kier molecular flexibility index (Phi) is 9.18. The number of hydrogen-bond acceptors (Lipinski definition) is 5. The summed E-state index contributed by atoms with van der Waals surface area (Å²) in [6, 6.07) is 15.1. The lowest BCUT2D eigenvalue weighted by Crippen LogP contribution is -2.43. The van der Waals surface area contributed by atoms with Gasteiger partial charge in [0.2, 0.25) is 0 Å². The third-order valence-corrected chi connectivity index (χ3v) is 9.26. The maximum absolute atomic E-state index is 14.6. The molecule has 1 aliphatic rings. The predicted molar refractivity (Wildman–Crippen MR) is 173 cm³/mol. The molecular formula is C34H36ClN3O4S. The Morgan fingerprint density at radius 2 is 1.77 bits per heavy atom. The molecule has 1 saturated heterocycles. The van der Waals surface area contributed by atoms with Gasteiger partial charge >= 0.3 is 5.97 Å². The highest BCUT2D eigenvalue weighted by molar-refractivity contribution is 7.13. The number of likely N-dealkylation sites (tertiary alicyclic amines) is 1. The summed E-state index contributed by atoms with van der Waals surface area (Å²) in [6.45, 7) is 8.71. The Morgan fingerprint density at radius 3 is 2.37 bits per heavy atom. The van der Waals surface area contributed by atoms with Crippen LogP contribution in [0.4, 0.5) is 0 Å². The monoisotopic (exact) mass is 617 g/mol. The molecule has 4 aromatic rings. The van der Waals surface area contributed by atoms with Gasteiger partial charge in [0.1, 0.15) is 5.01 Å². The second-order valence-electron chi connectivity index (χ2n) is 11.3. The van der Waals surface area contributed by atoms with Crippen molar-refractivity contribution in [1.82, 2.24) is 14.5 Å². The summed E-state index contributed by atoms with van der Waals surface area (Å²) >= 11 is 7.45. The van der Waals surface area contributed by atoms with E-state index in [1.54, 1.807) is 27.7 Å². The van der Waals surface area contributed by atoms with Gasteiger partial charge in [-0.3, -0.25) is 19.0 Å². The minimum absolute atomic E-state index is 0.143. The van der Waals surface area contributed by atoms with E-state index >= 15 is 0 Å². The van der Waals surface area contributed by atoms with Crippen LogP contribution in [0.15, 0.2) is 58.7 Å². The van der Waals surface area contributed by atoms with Crippen LogP contribution in [0.3, 0.4) is 0 Å². The second-order valence-corrected chi connectivity index (χ2v) is 12.6. The number of pyridine rings is 1. The Morgan fingerprint density at radius 1 is 1.09 bits per heavy atom.